The van der Waals surface area contributed by atoms with Gasteiger partial charge >= 0.3 is 12.4 Å². The van der Waals surface area contributed by atoms with Crippen LogP contribution in [0.15, 0.2) is 30.5 Å². The summed E-state index contributed by atoms with van der Waals surface area (Å²) in [5.41, 5.74) is -3.60. The van der Waals surface area contributed by atoms with E-state index in [0.717, 1.165) is 25.6 Å². The minimum Gasteiger partial charge on any atom is -0.349 e. The summed E-state index contributed by atoms with van der Waals surface area (Å²) in [6.45, 7) is 1.18. The molecule has 1 aliphatic heterocycles. The fourth-order valence-electron chi connectivity index (χ4n) is 2.95. The molecule has 0 radical (unpaired) electrons. The third-order valence-electron chi connectivity index (χ3n) is 4.41. The van der Waals surface area contributed by atoms with E-state index < -0.39 is 40.8 Å². The zero-order valence-corrected chi connectivity index (χ0v) is 14.9. The van der Waals surface area contributed by atoms with Crippen molar-refractivity contribution >= 4 is 5.91 Å². The van der Waals surface area contributed by atoms with E-state index in [4.69, 9.17) is 0 Å². The number of nitrogens with one attached hydrogen (secondary N) is 2. The van der Waals surface area contributed by atoms with Crippen LogP contribution in [0, 0.1) is 0 Å². The van der Waals surface area contributed by atoms with E-state index in [1.165, 1.54) is 6.07 Å². The largest absolute Gasteiger partial charge is 0.416 e. The third-order valence-corrected chi connectivity index (χ3v) is 4.41. The van der Waals surface area contributed by atoms with Crippen molar-refractivity contribution < 1.29 is 31.1 Å². The fraction of sp³-hybridized carbons (Fsp3) is 0.389. The van der Waals surface area contributed by atoms with Gasteiger partial charge < -0.3 is 10.6 Å². The van der Waals surface area contributed by atoms with Crippen molar-refractivity contribution in [3.05, 3.63) is 47.3 Å². The summed E-state index contributed by atoms with van der Waals surface area (Å²) >= 11 is 0. The molecule has 0 unspecified atom stereocenters. The number of amides is 1. The van der Waals surface area contributed by atoms with Gasteiger partial charge in [0.05, 0.1) is 11.1 Å². The van der Waals surface area contributed by atoms with Crippen LogP contribution in [0.1, 0.15) is 34.5 Å². The molecule has 1 amide bonds. The Bertz CT molecular complexity index is 858. The Morgan fingerprint density at radius 1 is 1.10 bits per heavy atom. The Hall–Kier alpha value is -2.69. The molecule has 0 bridgehead atoms. The second-order valence-electron chi connectivity index (χ2n) is 6.56. The van der Waals surface area contributed by atoms with Crippen molar-refractivity contribution in [2.24, 2.45) is 0 Å². The summed E-state index contributed by atoms with van der Waals surface area (Å²) in [7, 11) is 0. The predicted octanol–water partition coefficient (Wildman–Crippen LogP) is 3.66. The van der Waals surface area contributed by atoms with Crippen LogP contribution in [0.2, 0.25) is 0 Å². The minimum atomic E-state index is -4.99. The van der Waals surface area contributed by atoms with E-state index in [9.17, 15) is 31.1 Å². The number of nitrogens with zero attached hydrogens (tertiary/aromatic N) is 2. The summed E-state index contributed by atoms with van der Waals surface area (Å²) in [4.78, 5) is 19.8. The van der Waals surface area contributed by atoms with Gasteiger partial charge in [-0.2, -0.15) is 26.3 Å². The second-order valence-corrected chi connectivity index (χ2v) is 6.56. The van der Waals surface area contributed by atoms with Crippen LogP contribution in [0.3, 0.4) is 0 Å². The summed E-state index contributed by atoms with van der Waals surface area (Å²) in [5.74, 6) is -1.00. The fourth-order valence-corrected chi connectivity index (χ4v) is 2.95. The zero-order valence-electron chi connectivity index (χ0n) is 14.9. The Kier molecular flexibility index (Phi) is 5.78. The molecule has 11 heteroatoms. The molecule has 29 heavy (non-hydrogen) atoms. The van der Waals surface area contributed by atoms with E-state index >= 15 is 0 Å². The van der Waals surface area contributed by atoms with Crippen LogP contribution >= 0.6 is 0 Å². The highest BCUT2D eigenvalue weighted by atomic mass is 19.4. The smallest absolute Gasteiger partial charge is 0.349 e. The molecule has 2 aromatic rings. The summed E-state index contributed by atoms with van der Waals surface area (Å²) in [5, 5.41) is 5.82. The van der Waals surface area contributed by atoms with Gasteiger partial charge in [0.25, 0.3) is 5.91 Å². The maximum Gasteiger partial charge on any atom is 0.416 e. The van der Waals surface area contributed by atoms with Gasteiger partial charge in [0, 0.05) is 24.3 Å². The molecule has 0 aliphatic carbocycles. The van der Waals surface area contributed by atoms with E-state index in [1.807, 2.05) is 0 Å². The summed E-state index contributed by atoms with van der Waals surface area (Å²) in [6.07, 6.45) is -6.99. The van der Waals surface area contributed by atoms with Crippen LogP contribution in [0.25, 0.3) is 11.4 Å². The van der Waals surface area contributed by atoms with Gasteiger partial charge in [-0.1, -0.05) is 0 Å². The molecule has 1 aromatic heterocycles. The van der Waals surface area contributed by atoms with Gasteiger partial charge in [-0.3, -0.25) is 4.79 Å². The van der Waals surface area contributed by atoms with E-state index in [0.29, 0.717) is 18.7 Å². The average Bonchev–Trinajstić information content (AvgIpc) is 3.18. The first-order valence-electron chi connectivity index (χ1n) is 8.68. The first kappa shape index (κ1) is 21.0. The Labute approximate surface area is 161 Å². The first-order valence-corrected chi connectivity index (χ1v) is 8.68. The number of benzene rings is 1. The van der Waals surface area contributed by atoms with Gasteiger partial charge in [0.2, 0.25) is 0 Å². The summed E-state index contributed by atoms with van der Waals surface area (Å²) < 4.78 is 78.2. The highest BCUT2D eigenvalue weighted by Gasteiger charge is 2.37. The lowest BCUT2D eigenvalue weighted by molar-refractivity contribution is -0.143. The number of hydrogen-bond acceptors (Lipinski definition) is 4. The summed E-state index contributed by atoms with van der Waals surface area (Å²) in [6, 6.07) is 2.41. The molecular formula is C18H16F6N4O. The lowest BCUT2D eigenvalue weighted by Gasteiger charge is -2.14. The average molecular weight is 418 g/mol. The number of hydrogen-bond donors (Lipinski definition) is 2. The van der Waals surface area contributed by atoms with Crippen molar-refractivity contribution in [3.8, 4) is 11.4 Å². The van der Waals surface area contributed by atoms with Crippen LogP contribution in [-0.2, 0) is 12.4 Å². The molecule has 1 aromatic carbocycles. The number of halogens is 6. The number of carbonyl (C=O) groups excluding carboxylic acids is 1. The lowest BCUT2D eigenvalue weighted by atomic mass is 10.0. The lowest BCUT2D eigenvalue weighted by Crippen LogP contribution is -2.37. The zero-order chi connectivity index (χ0) is 21.2. The molecule has 1 fully saturated rings. The van der Waals surface area contributed by atoms with Crippen molar-refractivity contribution in [3.63, 3.8) is 0 Å². The first-order chi connectivity index (χ1) is 13.5. The van der Waals surface area contributed by atoms with Gasteiger partial charge in [-0.05, 0) is 43.7 Å². The minimum absolute atomic E-state index is 0.0225. The molecular weight excluding hydrogens is 402 g/mol. The highest BCUT2D eigenvalue weighted by molar-refractivity contribution is 5.92. The topological polar surface area (TPSA) is 66.9 Å². The van der Waals surface area contributed by atoms with Crippen LogP contribution < -0.4 is 10.6 Å². The number of aromatic nitrogens is 2. The molecule has 0 spiro atoms. The van der Waals surface area contributed by atoms with Gasteiger partial charge in [-0.25, -0.2) is 9.97 Å². The van der Waals surface area contributed by atoms with Crippen molar-refractivity contribution in [2.45, 2.75) is 31.2 Å². The monoisotopic (exact) mass is 418 g/mol. The molecule has 2 heterocycles. The molecule has 1 saturated heterocycles. The molecule has 1 atom stereocenters. The Balaban J connectivity index is 1.90. The van der Waals surface area contributed by atoms with Gasteiger partial charge in [0.1, 0.15) is 5.69 Å². The van der Waals surface area contributed by atoms with Crippen LogP contribution in [0.5, 0.6) is 0 Å². The second kappa shape index (κ2) is 7.97. The molecule has 3 rings (SSSR count). The van der Waals surface area contributed by atoms with Crippen LogP contribution in [0.4, 0.5) is 26.3 Å². The number of rotatable bonds is 4. The highest BCUT2D eigenvalue weighted by Crippen LogP contribution is 2.38. The standard InChI is InChI=1S/C18H16F6N4O/c19-17(20,21)11-6-10(7-12(8-11)18(22,23)24)15-26-5-3-14(28-15)16(29)27-9-13-2-1-4-25-13/h3,5-8,13,25H,1-2,4,9H2,(H,27,29)/t13-/m1/s1. The molecule has 156 valence electrons. The maximum atomic E-state index is 13.0. The van der Waals surface area contributed by atoms with Crippen LogP contribution in [-0.4, -0.2) is 35.0 Å². The predicted molar refractivity (Wildman–Crippen MR) is 90.8 cm³/mol. The van der Waals surface area contributed by atoms with Gasteiger partial charge in [-0.15, -0.1) is 0 Å². The van der Waals surface area contributed by atoms with Crippen molar-refractivity contribution in [1.29, 1.82) is 0 Å². The van der Waals surface area contributed by atoms with Crippen molar-refractivity contribution in [1.82, 2.24) is 20.6 Å². The number of alkyl halides is 6. The molecule has 2 N–H and O–H groups in total. The Morgan fingerprint density at radius 3 is 2.31 bits per heavy atom. The van der Waals surface area contributed by atoms with Gasteiger partial charge in [0.15, 0.2) is 5.82 Å². The van der Waals surface area contributed by atoms with E-state index in [1.54, 1.807) is 0 Å². The molecule has 5 nitrogen and oxygen atoms in total. The Morgan fingerprint density at radius 2 is 1.76 bits per heavy atom. The normalized spacial score (nSPS) is 17.4. The quantitative estimate of drug-likeness (QED) is 0.744. The number of carbonyl (C=O) groups is 1. The SMILES string of the molecule is O=C(NC[C@H]1CCCN1)c1ccnc(-c2cc(C(F)(F)F)cc(C(F)(F)F)c2)n1. The van der Waals surface area contributed by atoms with E-state index in [-0.39, 0.29) is 17.8 Å². The van der Waals surface area contributed by atoms with Crippen molar-refractivity contribution in [2.75, 3.05) is 13.1 Å². The molecule has 0 saturated carbocycles. The van der Waals surface area contributed by atoms with E-state index in [2.05, 4.69) is 20.6 Å². The third kappa shape index (κ3) is 5.22. The molecule has 1 aliphatic rings. The maximum absolute atomic E-state index is 13.0.